The molecule has 3 aliphatic heterocycles. The number of rotatable bonds is 1. The minimum absolute atomic E-state index is 0.113. The smallest absolute Gasteiger partial charge is 0.328 e. The Bertz CT molecular complexity index is 1160. The van der Waals surface area contributed by atoms with E-state index in [1.54, 1.807) is 11.8 Å². The van der Waals surface area contributed by atoms with Gasteiger partial charge in [0.15, 0.2) is 16.9 Å². The van der Waals surface area contributed by atoms with Crippen LogP contribution in [0.2, 0.25) is 0 Å². The van der Waals surface area contributed by atoms with E-state index in [1.165, 1.54) is 13.1 Å². The number of anilines is 1. The summed E-state index contributed by atoms with van der Waals surface area (Å²) in [4.78, 5) is 51.6. The van der Waals surface area contributed by atoms with Crippen LogP contribution < -0.4 is 20.9 Å². The number of carbonyl (C=O) groups is 4. The van der Waals surface area contributed by atoms with Gasteiger partial charge in [0.1, 0.15) is 0 Å². The topological polar surface area (TPSA) is 143 Å². The average molecular weight is 431 g/mol. The number of aromatic nitrogens is 1. The van der Waals surface area contributed by atoms with Crippen molar-refractivity contribution in [3.05, 3.63) is 23.1 Å². The lowest BCUT2D eigenvalue weighted by atomic mass is 9.66. The summed E-state index contributed by atoms with van der Waals surface area (Å²) in [5.74, 6) is -2.87. The number of ether oxygens (including phenoxy) is 1. The lowest BCUT2D eigenvalue weighted by Gasteiger charge is -2.54. The number of halogens is 1. The van der Waals surface area contributed by atoms with Crippen LogP contribution in [0.1, 0.15) is 23.0 Å². The van der Waals surface area contributed by atoms with Gasteiger partial charge in [-0.2, -0.15) is 0 Å². The lowest BCUT2D eigenvalue weighted by molar-refractivity contribution is -0.151. The Morgan fingerprint density at radius 3 is 2.71 bits per heavy atom. The van der Waals surface area contributed by atoms with Gasteiger partial charge in [-0.1, -0.05) is 5.16 Å². The van der Waals surface area contributed by atoms with Gasteiger partial charge in [0, 0.05) is 20.0 Å². The molecule has 0 aliphatic carbocycles. The molecule has 5 rings (SSSR count). The second-order valence-corrected chi connectivity index (χ2v) is 7.78. The summed E-state index contributed by atoms with van der Waals surface area (Å²) in [6, 6.07) is -0.274. The monoisotopic (exact) mass is 431 g/mol. The zero-order valence-corrected chi connectivity index (χ0v) is 16.6. The molecule has 2 aromatic rings. The van der Waals surface area contributed by atoms with Crippen molar-refractivity contribution in [3.8, 4) is 0 Å². The molecule has 0 bridgehead atoms. The van der Waals surface area contributed by atoms with Crippen molar-refractivity contribution >= 4 is 40.4 Å². The van der Waals surface area contributed by atoms with E-state index in [2.05, 4.69) is 21.1 Å². The molecule has 0 radical (unpaired) electrons. The first-order valence-corrected chi connectivity index (χ1v) is 9.67. The molecule has 5 amide bonds. The van der Waals surface area contributed by atoms with Crippen LogP contribution in [0.3, 0.4) is 0 Å². The highest BCUT2D eigenvalue weighted by Crippen LogP contribution is 2.48. The Morgan fingerprint density at radius 1 is 1.32 bits per heavy atom. The van der Waals surface area contributed by atoms with Crippen LogP contribution in [0.5, 0.6) is 0 Å². The second kappa shape index (κ2) is 6.48. The second-order valence-electron chi connectivity index (χ2n) is 7.78. The van der Waals surface area contributed by atoms with Crippen LogP contribution in [0.15, 0.2) is 10.6 Å². The standard InChI is InChI=1S/C19H18FN5O6/c1-7-14-19(16(27)22-18(29)23-17(19)28)6-8-5-9-11(15(26)21-2)24-31-13(9)10(20)12(8)25(14)3-4-30-7/h5,7,14H,3-4,6H2,1-2H3,(H,21,26)(H2,22,23,27,28,29). The number of benzene rings is 1. The van der Waals surface area contributed by atoms with Gasteiger partial charge in [-0.15, -0.1) is 0 Å². The van der Waals surface area contributed by atoms with Crippen molar-refractivity contribution in [2.24, 2.45) is 5.41 Å². The van der Waals surface area contributed by atoms with Crippen molar-refractivity contribution in [1.29, 1.82) is 0 Å². The molecule has 2 saturated heterocycles. The van der Waals surface area contributed by atoms with E-state index in [1.807, 2.05) is 0 Å². The summed E-state index contributed by atoms with van der Waals surface area (Å²) < 4.78 is 26.5. The number of barbiturate groups is 1. The maximum absolute atomic E-state index is 15.6. The highest BCUT2D eigenvalue weighted by Gasteiger charge is 2.62. The van der Waals surface area contributed by atoms with Gasteiger partial charge in [0.25, 0.3) is 5.91 Å². The van der Waals surface area contributed by atoms with Gasteiger partial charge in [-0.05, 0) is 18.6 Å². The molecular formula is C19H18FN5O6. The van der Waals surface area contributed by atoms with Gasteiger partial charge < -0.3 is 19.5 Å². The lowest BCUT2D eigenvalue weighted by Crippen LogP contribution is -2.74. The first-order chi connectivity index (χ1) is 14.8. The first kappa shape index (κ1) is 19.4. The van der Waals surface area contributed by atoms with Crippen LogP contribution >= 0.6 is 0 Å². The molecule has 1 aromatic heterocycles. The minimum Gasteiger partial charge on any atom is -0.374 e. The SMILES string of the molecule is CNC(=O)c1noc2c(F)c3c(cc12)CC1(C(=O)NC(=O)NC1=O)C1C(C)OCCN31. The number of nitrogens with one attached hydrogen (secondary N) is 3. The summed E-state index contributed by atoms with van der Waals surface area (Å²) in [6.07, 6.45) is -0.814. The number of imide groups is 2. The zero-order valence-electron chi connectivity index (χ0n) is 16.6. The molecular weight excluding hydrogens is 413 g/mol. The number of nitrogens with zero attached hydrogens (tertiary/aromatic N) is 2. The molecule has 4 heterocycles. The van der Waals surface area contributed by atoms with Crippen LogP contribution in [-0.4, -0.2) is 61.3 Å². The van der Waals surface area contributed by atoms with E-state index < -0.39 is 47.1 Å². The molecule has 31 heavy (non-hydrogen) atoms. The Balaban J connectivity index is 1.77. The molecule has 11 nitrogen and oxygen atoms in total. The fourth-order valence-corrected chi connectivity index (χ4v) is 4.94. The summed E-state index contributed by atoms with van der Waals surface area (Å²) >= 11 is 0. The number of carbonyl (C=O) groups excluding carboxylic acids is 4. The fraction of sp³-hybridized carbons (Fsp3) is 0.421. The Morgan fingerprint density at radius 2 is 2.03 bits per heavy atom. The molecule has 2 unspecified atom stereocenters. The summed E-state index contributed by atoms with van der Waals surface area (Å²) in [7, 11) is 1.40. The van der Waals surface area contributed by atoms with Crippen molar-refractivity contribution in [2.75, 3.05) is 25.1 Å². The molecule has 162 valence electrons. The number of amides is 5. The van der Waals surface area contributed by atoms with Gasteiger partial charge in [-0.3, -0.25) is 25.0 Å². The van der Waals surface area contributed by atoms with Crippen molar-refractivity contribution in [3.63, 3.8) is 0 Å². The first-order valence-electron chi connectivity index (χ1n) is 9.67. The maximum atomic E-state index is 15.6. The van der Waals surface area contributed by atoms with Gasteiger partial charge >= 0.3 is 6.03 Å². The van der Waals surface area contributed by atoms with Crippen LogP contribution in [0.4, 0.5) is 14.9 Å². The number of hydrogen-bond acceptors (Lipinski definition) is 8. The fourth-order valence-electron chi connectivity index (χ4n) is 4.94. The predicted molar refractivity (Wildman–Crippen MR) is 102 cm³/mol. The molecule has 2 atom stereocenters. The van der Waals surface area contributed by atoms with Crippen LogP contribution in [-0.2, 0) is 20.7 Å². The Kier molecular flexibility index (Phi) is 4.06. The predicted octanol–water partition coefficient (Wildman–Crippen LogP) is -0.171. The quantitative estimate of drug-likeness (QED) is 0.528. The number of urea groups is 1. The zero-order chi connectivity index (χ0) is 22.1. The van der Waals surface area contributed by atoms with Crippen molar-refractivity contribution in [2.45, 2.75) is 25.5 Å². The van der Waals surface area contributed by atoms with Crippen LogP contribution in [0, 0.1) is 11.2 Å². The van der Waals surface area contributed by atoms with E-state index in [0.717, 1.165) is 0 Å². The van der Waals surface area contributed by atoms with Gasteiger partial charge in [0.2, 0.25) is 17.4 Å². The molecule has 3 aliphatic rings. The van der Waals surface area contributed by atoms with Gasteiger partial charge in [-0.25, -0.2) is 9.18 Å². The minimum atomic E-state index is -1.73. The molecule has 1 aromatic carbocycles. The Hall–Kier alpha value is -3.54. The summed E-state index contributed by atoms with van der Waals surface area (Å²) in [5, 5.41) is 10.5. The third kappa shape index (κ3) is 2.45. The third-order valence-electron chi connectivity index (χ3n) is 6.22. The van der Waals surface area contributed by atoms with E-state index >= 15 is 4.39 Å². The van der Waals surface area contributed by atoms with E-state index in [4.69, 9.17) is 9.26 Å². The number of morpholine rings is 1. The number of hydrogen-bond donors (Lipinski definition) is 3. The van der Waals surface area contributed by atoms with E-state index in [9.17, 15) is 19.2 Å². The van der Waals surface area contributed by atoms with E-state index in [0.29, 0.717) is 5.56 Å². The molecule has 2 fully saturated rings. The Labute approximate surface area is 174 Å². The molecule has 0 saturated carbocycles. The normalized spacial score (nSPS) is 24.5. The molecule has 12 heteroatoms. The van der Waals surface area contributed by atoms with Crippen LogP contribution in [0.25, 0.3) is 11.0 Å². The summed E-state index contributed by atoms with van der Waals surface area (Å²) in [6.45, 7) is 2.14. The number of fused-ring (bicyclic) bond motifs is 5. The average Bonchev–Trinajstić information content (AvgIpc) is 3.15. The summed E-state index contributed by atoms with van der Waals surface area (Å²) in [5.41, 5.74) is -1.55. The third-order valence-corrected chi connectivity index (χ3v) is 6.22. The highest BCUT2D eigenvalue weighted by atomic mass is 19.1. The van der Waals surface area contributed by atoms with Crippen molar-refractivity contribution < 1.29 is 32.8 Å². The van der Waals surface area contributed by atoms with E-state index in [-0.39, 0.29) is 41.9 Å². The highest BCUT2D eigenvalue weighted by molar-refractivity contribution is 6.20. The van der Waals surface area contributed by atoms with Gasteiger partial charge in [0.05, 0.1) is 29.8 Å². The largest absolute Gasteiger partial charge is 0.374 e. The molecule has 3 N–H and O–H groups in total. The molecule has 1 spiro atoms. The van der Waals surface area contributed by atoms with Crippen molar-refractivity contribution in [1.82, 2.24) is 21.1 Å². The maximum Gasteiger partial charge on any atom is 0.328 e.